The van der Waals surface area contributed by atoms with Crippen LogP contribution in [0.15, 0.2) is 54.6 Å². The van der Waals surface area contributed by atoms with E-state index in [-0.39, 0.29) is 6.03 Å². The summed E-state index contributed by atoms with van der Waals surface area (Å²) in [5.74, 6) is -0.950. The van der Waals surface area contributed by atoms with E-state index in [2.05, 4.69) is 5.32 Å². The fourth-order valence-electron chi connectivity index (χ4n) is 2.92. The van der Waals surface area contributed by atoms with Crippen molar-refractivity contribution >= 4 is 17.7 Å². The van der Waals surface area contributed by atoms with Gasteiger partial charge in [-0.05, 0) is 24.5 Å². The van der Waals surface area contributed by atoms with E-state index < -0.39 is 12.0 Å². The number of hydrogen-bond acceptors (Lipinski definition) is 2. The molecule has 1 atom stereocenters. The van der Waals surface area contributed by atoms with Gasteiger partial charge in [0.05, 0.1) is 5.69 Å². The molecule has 0 aromatic heterocycles. The van der Waals surface area contributed by atoms with Crippen molar-refractivity contribution in [3.05, 3.63) is 54.6 Å². The van der Waals surface area contributed by atoms with Crippen molar-refractivity contribution in [3.63, 3.8) is 0 Å². The molecule has 1 saturated heterocycles. The summed E-state index contributed by atoms with van der Waals surface area (Å²) < 4.78 is 0. The highest BCUT2D eigenvalue weighted by molar-refractivity contribution is 5.96. The molecule has 2 aromatic carbocycles. The second-order valence-corrected chi connectivity index (χ2v) is 5.53. The van der Waals surface area contributed by atoms with Crippen LogP contribution in [-0.2, 0) is 4.79 Å². The smallest absolute Gasteiger partial charge is 0.326 e. The molecule has 118 valence electrons. The number of carbonyl (C=O) groups excluding carboxylic acids is 1. The number of aliphatic carboxylic acids is 1. The average Bonchev–Trinajstić information content (AvgIpc) is 3.06. The number of benzene rings is 2. The number of nitrogens with zero attached hydrogens (tertiary/aromatic N) is 1. The molecule has 1 heterocycles. The lowest BCUT2D eigenvalue weighted by atomic mass is 10.0. The number of rotatable bonds is 3. The fraction of sp³-hybridized carbons (Fsp3) is 0.222. The Morgan fingerprint density at radius 1 is 1.04 bits per heavy atom. The van der Waals surface area contributed by atoms with Crippen LogP contribution in [0.4, 0.5) is 10.5 Å². The van der Waals surface area contributed by atoms with Crippen LogP contribution in [0.3, 0.4) is 0 Å². The van der Waals surface area contributed by atoms with Crippen molar-refractivity contribution in [2.24, 2.45) is 0 Å². The molecular weight excluding hydrogens is 292 g/mol. The second-order valence-electron chi connectivity index (χ2n) is 5.53. The van der Waals surface area contributed by atoms with Gasteiger partial charge in [0.2, 0.25) is 0 Å². The third-order valence-corrected chi connectivity index (χ3v) is 4.05. The van der Waals surface area contributed by atoms with Gasteiger partial charge in [-0.15, -0.1) is 0 Å². The molecule has 0 spiro atoms. The number of hydrogen-bond donors (Lipinski definition) is 2. The first-order valence-electron chi connectivity index (χ1n) is 7.61. The summed E-state index contributed by atoms with van der Waals surface area (Å²) in [6.07, 6.45) is 1.22. The average molecular weight is 310 g/mol. The molecule has 5 heteroatoms. The SMILES string of the molecule is O=C(O)[C@H]1CCCN1C(=O)Nc1ccccc1-c1ccccc1. The second kappa shape index (κ2) is 6.52. The summed E-state index contributed by atoms with van der Waals surface area (Å²) in [6, 6.07) is 16.2. The minimum atomic E-state index is -0.950. The van der Waals surface area contributed by atoms with Crippen molar-refractivity contribution in [2.75, 3.05) is 11.9 Å². The standard InChI is InChI=1S/C18H18N2O3/c21-17(22)16-11-6-12-20(16)18(23)19-15-10-5-4-9-14(15)13-7-2-1-3-8-13/h1-5,7-10,16H,6,11-12H2,(H,19,23)(H,21,22)/t16-/m1/s1. The van der Waals surface area contributed by atoms with Crippen LogP contribution in [0.2, 0.25) is 0 Å². The maximum absolute atomic E-state index is 12.5. The lowest BCUT2D eigenvalue weighted by Crippen LogP contribution is -2.42. The van der Waals surface area contributed by atoms with Gasteiger partial charge in [0, 0.05) is 12.1 Å². The summed E-state index contributed by atoms with van der Waals surface area (Å²) >= 11 is 0. The largest absolute Gasteiger partial charge is 0.480 e. The lowest BCUT2D eigenvalue weighted by Gasteiger charge is -2.22. The number of carboxylic acid groups (broad SMARTS) is 1. The molecule has 23 heavy (non-hydrogen) atoms. The van der Waals surface area contributed by atoms with Gasteiger partial charge in [0.1, 0.15) is 6.04 Å². The third kappa shape index (κ3) is 3.18. The Kier molecular flexibility index (Phi) is 4.28. The third-order valence-electron chi connectivity index (χ3n) is 4.05. The number of para-hydroxylation sites is 1. The molecule has 2 N–H and O–H groups in total. The number of urea groups is 1. The molecule has 0 radical (unpaired) electrons. The maximum Gasteiger partial charge on any atom is 0.326 e. The van der Waals surface area contributed by atoms with Crippen LogP contribution in [0.5, 0.6) is 0 Å². The Morgan fingerprint density at radius 2 is 1.74 bits per heavy atom. The first-order chi connectivity index (χ1) is 11.2. The summed E-state index contributed by atoms with van der Waals surface area (Å²) in [7, 11) is 0. The highest BCUT2D eigenvalue weighted by Crippen LogP contribution is 2.28. The zero-order valence-corrected chi connectivity index (χ0v) is 12.6. The zero-order chi connectivity index (χ0) is 16.2. The minimum absolute atomic E-state index is 0.363. The number of carbonyl (C=O) groups is 2. The van der Waals surface area contributed by atoms with Gasteiger partial charge >= 0.3 is 12.0 Å². The van der Waals surface area contributed by atoms with Crippen molar-refractivity contribution < 1.29 is 14.7 Å². The lowest BCUT2D eigenvalue weighted by molar-refractivity contribution is -0.141. The Balaban J connectivity index is 1.84. The number of nitrogens with one attached hydrogen (secondary N) is 1. The molecule has 0 bridgehead atoms. The van der Waals surface area contributed by atoms with Crippen molar-refractivity contribution in [1.29, 1.82) is 0 Å². The summed E-state index contributed by atoms with van der Waals surface area (Å²) in [4.78, 5) is 25.1. The fourth-order valence-corrected chi connectivity index (χ4v) is 2.92. The van der Waals surface area contributed by atoms with E-state index in [1.54, 1.807) is 0 Å². The van der Waals surface area contributed by atoms with E-state index in [4.69, 9.17) is 0 Å². The molecule has 1 aliphatic rings. The van der Waals surface area contributed by atoms with Crippen LogP contribution in [0.25, 0.3) is 11.1 Å². The molecule has 2 amide bonds. The Labute approximate surface area is 134 Å². The van der Waals surface area contributed by atoms with Gasteiger partial charge in [0.25, 0.3) is 0 Å². The summed E-state index contributed by atoms with van der Waals surface area (Å²) in [5, 5.41) is 12.1. The summed E-state index contributed by atoms with van der Waals surface area (Å²) in [5.41, 5.74) is 2.59. The molecule has 0 saturated carbocycles. The normalized spacial score (nSPS) is 17.0. The number of likely N-dealkylation sites (tertiary alicyclic amines) is 1. The number of carboxylic acids is 1. The quantitative estimate of drug-likeness (QED) is 0.912. The van der Waals surface area contributed by atoms with E-state index >= 15 is 0 Å². The molecule has 5 nitrogen and oxygen atoms in total. The molecule has 2 aromatic rings. The number of anilines is 1. The van der Waals surface area contributed by atoms with E-state index in [9.17, 15) is 14.7 Å². The molecule has 0 aliphatic carbocycles. The van der Waals surface area contributed by atoms with E-state index in [0.29, 0.717) is 25.1 Å². The zero-order valence-electron chi connectivity index (χ0n) is 12.6. The van der Waals surface area contributed by atoms with Gasteiger partial charge in [0.15, 0.2) is 0 Å². The van der Waals surface area contributed by atoms with E-state index in [0.717, 1.165) is 11.1 Å². The predicted octanol–water partition coefficient (Wildman–Crippen LogP) is 3.43. The van der Waals surface area contributed by atoms with Crippen molar-refractivity contribution in [1.82, 2.24) is 4.90 Å². The molecule has 1 aliphatic heterocycles. The Bertz CT molecular complexity index is 715. The highest BCUT2D eigenvalue weighted by Gasteiger charge is 2.34. The van der Waals surface area contributed by atoms with Crippen LogP contribution in [0.1, 0.15) is 12.8 Å². The van der Waals surface area contributed by atoms with Crippen LogP contribution < -0.4 is 5.32 Å². The first-order valence-corrected chi connectivity index (χ1v) is 7.61. The minimum Gasteiger partial charge on any atom is -0.480 e. The maximum atomic E-state index is 12.5. The highest BCUT2D eigenvalue weighted by atomic mass is 16.4. The van der Waals surface area contributed by atoms with Gasteiger partial charge in [-0.2, -0.15) is 0 Å². The molecule has 3 rings (SSSR count). The van der Waals surface area contributed by atoms with Gasteiger partial charge in [-0.25, -0.2) is 9.59 Å². The van der Waals surface area contributed by atoms with Crippen molar-refractivity contribution in [3.8, 4) is 11.1 Å². The topological polar surface area (TPSA) is 69.6 Å². The van der Waals surface area contributed by atoms with Gasteiger partial charge in [-0.1, -0.05) is 48.5 Å². The number of amides is 2. The Morgan fingerprint density at radius 3 is 2.48 bits per heavy atom. The van der Waals surface area contributed by atoms with Gasteiger partial charge in [-0.3, -0.25) is 0 Å². The Hall–Kier alpha value is -2.82. The van der Waals surface area contributed by atoms with Crippen molar-refractivity contribution in [2.45, 2.75) is 18.9 Å². The molecule has 1 fully saturated rings. The monoisotopic (exact) mass is 310 g/mol. The molecular formula is C18H18N2O3. The molecule has 0 unspecified atom stereocenters. The van der Waals surface area contributed by atoms with Crippen LogP contribution >= 0.6 is 0 Å². The van der Waals surface area contributed by atoms with E-state index in [1.807, 2.05) is 54.6 Å². The van der Waals surface area contributed by atoms with Crippen LogP contribution in [-0.4, -0.2) is 34.6 Å². The van der Waals surface area contributed by atoms with E-state index in [1.165, 1.54) is 4.90 Å². The summed E-state index contributed by atoms with van der Waals surface area (Å²) in [6.45, 7) is 0.469. The first kappa shape index (κ1) is 15.1. The predicted molar refractivity (Wildman–Crippen MR) is 88.3 cm³/mol. The van der Waals surface area contributed by atoms with Gasteiger partial charge < -0.3 is 15.3 Å². The van der Waals surface area contributed by atoms with Crippen LogP contribution in [0, 0.1) is 0 Å².